The van der Waals surface area contributed by atoms with E-state index in [9.17, 15) is 14.4 Å². The van der Waals surface area contributed by atoms with E-state index < -0.39 is 22.8 Å². The van der Waals surface area contributed by atoms with Gasteiger partial charge in [0, 0.05) is 30.2 Å². The van der Waals surface area contributed by atoms with Crippen LogP contribution in [0.15, 0.2) is 34.0 Å². The quantitative estimate of drug-likeness (QED) is 0.484. The highest BCUT2D eigenvalue weighted by Crippen LogP contribution is 2.30. The molecule has 1 aromatic heterocycles. The van der Waals surface area contributed by atoms with E-state index in [0.29, 0.717) is 18.7 Å². The Kier molecular flexibility index (Phi) is 7.65. The van der Waals surface area contributed by atoms with Crippen LogP contribution in [0.1, 0.15) is 57.0 Å². The highest BCUT2D eigenvalue weighted by atomic mass is 32.1. The minimum Gasteiger partial charge on any atom is -0.428 e. The molecule has 0 aliphatic rings. The first-order chi connectivity index (χ1) is 14.3. The van der Waals surface area contributed by atoms with Gasteiger partial charge in [-0.1, -0.05) is 19.1 Å². The van der Waals surface area contributed by atoms with Crippen LogP contribution in [0, 0.1) is 6.92 Å². The average molecular weight is 444 g/mol. The van der Waals surface area contributed by atoms with E-state index in [4.69, 9.17) is 4.65 Å². The molecule has 0 saturated heterocycles. The third kappa shape index (κ3) is 5.51. The van der Waals surface area contributed by atoms with Crippen molar-refractivity contribution in [1.82, 2.24) is 9.13 Å². The monoisotopic (exact) mass is 444 g/mol. The Morgan fingerprint density at radius 3 is 2.45 bits per heavy atom. The molecule has 31 heavy (non-hydrogen) atoms. The summed E-state index contributed by atoms with van der Waals surface area (Å²) in [7, 11) is 3.03. The third-order valence-corrected chi connectivity index (χ3v) is 6.18. The van der Waals surface area contributed by atoms with Crippen LogP contribution in [0.3, 0.4) is 0 Å². The van der Waals surface area contributed by atoms with E-state index >= 15 is 0 Å². The maximum absolute atomic E-state index is 12.9. The topological polar surface area (TPSA) is 82.3 Å². The van der Waals surface area contributed by atoms with Crippen molar-refractivity contribution in [2.45, 2.75) is 64.9 Å². The smallest absolute Gasteiger partial charge is 0.331 e. The van der Waals surface area contributed by atoms with Crippen LogP contribution in [-0.2, 0) is 18.2 Å². The predicted octanol–water partition coefficient (Wildman–Crippen LogP) is 2.27. The van der Waals surface area contributed by atoms with Crippen molar-refractivity contribution in [2.75, 3.05) is 5.32 Å². The van der Waals surface area contributed by atoms with Crippen molar-refractivity contribution in [2.24, 2.45) is 7.05 Å². The van der Waals surface area contributed by atoms with Gasteiger partial charge in [-0.05, 0) is 58.1 Å². The second-order valence-corrected chi connectivity index (χ2v) is 9.78. The molecule has 1 heterocycles. The van der Waals surface area contributed by atoms with Gasteiger partial charge in [0.05, 0.1) is 5.60 Å². The summed E-state index contributed by atoms with van der Waals surface area (Å²) in [5.74, 6) is -0.566. The van der Waals surface area contributed by atoms with Gasteiger partial charge in [-0.15, -0.1) is 0 Å². The summed E-state index contributed by atoms with van der Waals surface area (Å²) < 4.78 is 7.95. The Hall–Kier alpha value is -2.26. The van der Waals surface area contributed by atoms with Crippen LogP contribution in [0.4, 0.5) is 5.69 Å². The fraction of sp³-hybridized carbons (Fsp3) is 0.500. The molecule has 0 aliphatic heterocycles. The number of anilines is 1. The summed E-state index contributed by atoms with van der Waals surface area (Å²) in [4.78, 5) is 37.6. The lowest BCUT2D eigenvalue weighted by Crippen LogP contribution is -2.46. The molecule has 1 radical (unpaired) electrons. The van der Waals surface area contributed by atoms with Crippen molar-refractivity contribution < 1.29 is 9.45 Å². The van der Waals surface area contributed by atoms with Crippen LogP contribution in [0.5, 0.6) is 0 Å². The average Bonchev–Trinajstić information content (AvgIpc) is 2.68. The summed E-state index contributed by atoms with van der Waals surface area (Å²) in [6.45, 7) is 12.1. The molecule has 9 heteroatoms. The number of hydrogen-bond donors (Lipinski definition) is 2. The predicted molar refractivity (Wildman–Crippen MR) is 129 cm³/mol. The van der Waals surface area contributed by atoms with Gasteiger partial charge < -0.3 is 9.97 Å². The Balaban J connectivity index is 2.31. The molecule has 1 N–H and O–H groups in total. The number of benzene rings is 1. The van der Waals surface area contributed by atoms with Crippen LogP contribution in [-0.4, -0.2) is 32.9 Å². The fourth-order valence-corrected chi connectivity index (χ4v) is 2.80. The number of nitrogens with one attached hydrogen (secondary N) is 1. The molecule has 1 aromatic carbocycles. The van der Waals surface area contributed by atoms with Crippen LogP contribution < -0.4 is 22.0 Å². The van der Waals surface area contributed by atoms with Gasteiger partial charge in [0.1, 0.15) is 5.56 Å². The van der Waals surface area contributed by atoms with E-state index in [2.05, 4.69) is 17.9 Å². The Morgan fingerprint density at radius 1 is 1.23 bits per heavy atom. The van der Waals surface area contributed by atoms with Crippen molar-refractivity contribution in [1.29, 1.82) is 0 Å². The first-order valence-corrected chi connectivity index (χ1v) is 10.7. The molecule has 2 rings (SSSR count). The minimum absolute atomic E-state index is 0.0847. The number of aryl methyl sites for hydroxylation is 1. The maximum atomic E-state index is 12.9. The maximum Gasteiger partial charge on any atom is 0.331 e. The SMILES string of the molecule is CCCn1cc(C(=O)Nc2cccc([B]OC(C)(C)C(C)(C)S)c2C)c(=O)n(C)c1=O. The molecule has 0 bridgehead atoms. The molecule has 0 unspecified atom stereocenters. The molecule has 0 fully saturated rings. The summed E-state index contributed by atoms with van der Waals surface area (Å²) in [6.07, 6.45) is 2.03. The molecule has 2 aromatic rings. The molecule has 0 atom stereocenters. The van der Waals surface area contributed by atoms with E-state index in [1.807, 2.05) is 47.6 Å². The van der Waals surface area contributed by atoms with Crippen molar-refractivity contribution in [3.05, 3.63) is 56.4 Å². The second kappa shape index (κ2) is 9.48. The van der Waals surface area contributed by atoms with Crippen molar-refractivity contribution in [3.8, 4) is 0 Å². The first-order valence-electron chi connectivity index (χ1n) is 10.2. The highest BCUT2D eigenvalue weighted by molar-refractivity contribution is 7.81. The molecular weight excluding hydrogens is 413 g/mol. The number of carbonyl (C=O) groups excluding carboxylic acids is 1. The van der Waals surface area contributed by atoms with E-state index in [0.717, 1.165) is 15.6 Å². The first kappa shape index (κ1) is 25.0. The lowest BCUT2D eigenvalue weighted by Gasteiger charge is -2.38. The van der Waals surface area contributed by atoms with Crippen molar-refractivity contribution >= 4 is 37.2 Å². The summed E-state index contributed by atoms with van der Waals surface area (Å²) >= 11 is 4.60. The lowest BCUT2D eigenvalue weighted by molar-refractivity contribution is 0.0854. The lowest BCUT2D eigenvalue weighted by atomic mass is 9.81. The highest BCUT2D eigenvalue weighted by Gasteiger charge is 2.34. The number of carbonyl (C=O) groups is 1. The Labute approximate surface area is 189 Å². The minimum atomic E-state index is -0.628. The Morgan fingerprint density at radius 2 is 1.87 bits per heavy atom. The van der Waals surface area contributed by atoms with Crippen LogP contribution in [0.25, 0.3) is 0 Å². The molecule has 7 nitrogen and oxygen atoms in total. The van der Waals surface area contributed by atoms with E-state index in [-0.39, 0.29) is 10.3 Å². The fourth-order valence-electron chi connectivity index (χ4n) is 2.74. The van der Waals surface area contributed by atoms with Crippen LogP contribution >= 0.6 is 12.6 Å². The number of amides is 1. The van der Waals surface area contributed by atoms with Gasteiger partial charge in [0.15, 0.2) is 0 Å². The summed E-state index contributed by atoms with van der Waals surface area (Å²) in [6, 6.07) is 5.44. The molecule has 0 aliphatic carbocycles. The van der Waals surface area contributed by atoms with Gasteiger partial charge >= 0.3 is 13.2 Å². The molecule has 0 saturated carbocycles. The van der Waals surface area contributed by atoms with Gasteiger partial charge in [0.25, 0.3) is 11.5 Å². The number of rotatable bonds is 8. The van der Waals surface area contributed by atoms with Crippen LogP contribution in [0.2, 0.25) is 0 Å². The number of thiol groups is 1. The second-order valence-electron chi connectivity index (χ2n) is 8.66. The van der Waals surface area contributed by atoms with E-state index in [1.165, 1.54) is 17.8 Å². The zero-order chi connectivity index (χ0) is 23.6. The summed E-state index contributed by atoms with van der Waals surface area (Å²) in [5.41, 5.74) is 0.467. The molecular formula is C22H31BN3O4S. The molecule has 1 amide bonds. The third-order valence-electron chi connectivity index (χ3n) is 5.64. The number of hydrogen-bond acceptors (Lipinski definition) is 5. The molecule has 167 valence electrons. The van der Waals surface area contributed by atoms with Gasteiger partial charge in [-0.3, -0.25) is 18.7 Å². The van der Waals surface area contributed by atoms with Crippen molar-refractivity contribution in [3.63, 3.8) is 0 Å². The zero-order valence-electron chi connectivity index (χ0n) is 19.3. The standard InChI is InChI=1S/C22H31BN3O4S/c1-8-12-26-13-15(19(28)25(7)20(26)29)18(27)24-17-11-9-10-16(14(17)2)23-30-21(3,4)22(5,6)31/h9-11,13,31H,8,12H2,1-7H3,(H,24,27). The summed E-state index contributed by atoms with van der Waals surface area (Å²) in [5, 5.41) is 2.79. The zero-order valence-corrected chi connectivity index (χ0v) is 20.2. The van der Waals surface area contributed by atoms with E-state index in [1.54, 1.807) is 19.6 Å². The molecule has 0 spiro atoms. The normalized spacial score (nSPS) is 12.0. The van der Waals surface area contributed by atoms with Gasteiger partial charge in [-0.2, -0.15) is 12.6 Å². The Bertz CT molecular complexity index is 1080. The van der Waals surface area contributed by atoms with Gasteiger partial charge in [-0.25, -0.2) is 4.79 Å². The number of nitrogens with zero attached hydrogens (tertiary/aromatic N) is 2. The number of aromatic nitrogens is 2. The largest absolute Gasteiger partial charge is 0.428 e. The van der Waals surface area contributed by atoms with Gasteiger partial charge in [0.2, 0.25) is 0 Å².